The number of benzene rings is 9. The van der Waals surface area contributed by atoms with Crippen LogP contribution in [0.1, 0.15) is 25.0 Å². The molecule has 306 valence electrons. The second-order valence-electron chi connectivity index (χ2n) is 17.5. The highest BCUT2D eigenvalue weighted by Gasteiger charge is 2.36. The molecule has 4 nitrogen and oxygen atoms in total. The maximum absolute atomic E-state index is 6.59. The summed E-state index contributed by atoms with van der Waals surface area (Å²) in [6.45, 7) is 4.67. The minimum atomic E-state index is -0.0473. The van der Waals surface area contributed by atoms with Gasteiger partial charge in [-0.2, -0.15) is 0 Å². The average molecular weight is 850 g/mol. The summed E-state index contributed by atoms with van der Waals surface area (Å²) in [5, 5.41) is 4.34. The van der Waals surface area contributed by atoms with E-state index in [1.165, 1.54) is 48.2 Å². The van der Waals surface area contributed by atoms with E-state index in [2.05, 4.69) is 196 Å². The molecule has 0 amide bonds. The number of rotatable bonds is 6. The summed E-state index contributed by atoms with van der Waals surface area (Å²) in [7, 11) is 0. The standard InChI is InChI=1S/C60H39N3OS/c1-60(2)48-23-8-6-18-43(48)54-42(20-11-24-49(54)60)38-30-28-37(29-31-38)40-32-33-50-47(35-40)55-45(21-12-25-51(55)64-50)58-61-57(41-17-10-16-39(34-41)36-14-4-3-5-15-36)62-59(63-58)46-22-13-27-53-56(46)44-19-7-9-26-52(44)65-53/h3-35H,1-2H3. The van der Waals surface area contributed by atoms with E-state index in [1.807, 2.05) is 18.2 Å². The molecule has 0 radical (unpaired) electrons. The molecule has 13 rings (SSSR count). The third-order valence-corrected chi connectivity index (χ3v) is 14.5. The highest BCUT2D eigenvalue weighted by Crippen LogP contribution is 2.52. The number of hydrogen-bond acceptors (Lipinski definition) is 5. The molecular formula is C60H39N3OS. The lowest BCUT2D eigenvalue weighted by Crippen LogP contribution is -2.14. The smallest absolute Gasteiger partial charge is 0.164 e. The van der Waals surface area contributed by atoms with E-state index in [4.69, 9.17) is 19.4 Å². The van der Waals surface area contributed by atoms with Crippen molar-refractivity contribution in [2.75, 3.05) is 0 Å². The van der Waals surface area contributed by atoms with Crippen LogP contribution in [0.3, 0.4) is 0 Å². The Morgan fingerprint density at radius 1 is 0.369 bits per heavy atom. The van der Waals surface area contributed by atoms with Crippen LogP contribution in [0.2, 0.25) is 0 Å². The SMILES string of the molecule is CC1(C)c2ccccc2-c2c(-c3ccc(-c4ccc5oc6cccc(-c7nc(-c8cccc(-c9ccccc9)c8)nc(-c8cccc9sc%10ccccc%10c89)n7)c6c5c4)cc3)cccc21. The molecule has 1 aliphatic carbocycles. The van der Waals surface area contributed by atoms with Crippen molar-refractivity contribution in [3.63, 3.8) is 0 Å². The molecule has 0 saturated carbocycles. The minimum Gasteiger partial charge on any atom is -0.456 e. The topological polar surface area (TPSA) is 51.8 Å². The van der Waals surface area contributed by atoms with Crippen LogP contribution < -0.4 is 0 Å². The molecule has 0 spiro atoms. The van der Waals surface area contributed by atoms with Gasteiger partial charge in [-0.25, -0.2) is 15.0 Å². The first-order valence-corrected chi connectivity index (χ1v) is 22.9. The Hall–Kier alpha value is -7.99. The highest BCUT2D eigenvalue weighted by molar-refractivity contribution is 7.25. The second kappa shape index (κ2) is 14.5. The first-order chi connectivity index (χ1) is 32.0. The minimum absolute atomic E-state index is 0.0473. The fourth-order valence-electron chi connectivity index (χ4n) is 10.2. The van der Waals surface area contributed by atoms with E-state index in [1.54, 1.807) is 11.3 Å². The molecule has 0 unspecified atom stereocenters. The van der Waals surface area contributed by atoms with Gasteiger partial charge in [0, 0.05) is 53.1 Å². The van der Waals surface area contributed by atoms with E-state index in [0.717, 1.165) is 66.3 Å². The van der Waals surface area contributed by atoms with Gasteiger partial charge in [-0.1, -0.05) is 178 Å². The first-order valence-electron chi connectivity index (χ1n) is 22.1. The van der Waals surface area contributed by atoms with Crippen molar-refractivity contribution in [3.8, 4) is 78.7 Å². The third kappa shape index (κ3) is 6.00. The first kappa shape index (κ1) is 37.6. The van der Waals surface area contributed by atoms with Crippen LogP contribution in [0.5, 0.6) is 0 Å². The summed E-state index contributed by atoms with van der Waals surface area (Å²) in [5.74, 6) is 1.84. The van der Waals surface area contributed by atoms with Gasteiger partial charge in [0.2, 0.25) is 0 Å². The van der Waals surface area contributed by atoms with Gasteiger partial charge in [0.15, 0.2) is 17.5 Å². The maximum Gasteiger partial charge on any atom is 0.164 e. The molecule has 0 atom stereocenters. The van der Waals surface area contributed by atoms with Gasteiger partial charge in [-0.3, -0.25) is 0 Å². The molecule has 3 aromatic heterocycles. The lowest BCUT2D eigenvalue weighted by atomic mass is 9.82. The number of aromatic nitrogens is 3. The van der Waals surface area contributed by atoms with Crippen LogP contribution in [-0.2, 0) is 5.41 Å². The van der Waals surface area contributed by atoms with Gasteiger partial charge in [-0.05, 0) is 92.0 Å². The van der Waals surface area contributed by atoms with Crippen molar-refractivity contribution in [3.05, 3.63) is 211 Å². The fourth-order valence-corrected chi connectivity index (χ4v) is 11.3. The lowest BCUT2D eigenvalue weighted by molar-refractivity contribution is 0.660. The molecular weight excluding hydrogens is 811 g/mol. The van der Waals surface area contributed by atoms with E-state index < -0.39 is 0 Å². The number of thiophene rings is 1. The lowest BCUT2D eigenvalue weighted by Gasteiger charge is -2.21. The number of nitrogens with zero attached hydrogens (tertiary/aromatic N) is 3. The highest BCUT2D eigenvalue weighted by atomic mass is 32.1. The molecule has 0 bridgehead atoms. The van der Waals surface area contributed by atoms with Gasteiger partial charge < -0.3 is 4.42 Å². The Balaban J connectivity index is 0.959. The Bertz CT molecular complexity index is 3860. The van der Waals surface area contributed by atoms with E-state index in [0.29, 0.717) is 17.5 Å². The van der Waals surface area contributed by atoms with Crippen molar-refractivity contribution in [2.45, 2.75) is 19.3 Å². The Morgan fingerprint density at radius 3 is 1.80 bits per heavy atom. The van der Waals surface area contributed by atoms with Crippen LogP contribution in [0.15, 0.2) is 205 Å². The zero-order valence-corrected chi connectivity index (χ0v) is 36.5. The van der Waals surface area contributed by atoms with Gasteiger partial charge >= 0.3 is 0 Å². The second-order valence-corrected chi connectivity index (χ2v) is 18.6. The summed E-state index contributed by atoms with van der Waals surface area (Å²) in [4.78, 5) is 15.9. The van der Waals surface area contributed by atoms with Crippen molar-refractivity contribution >= 4 is 53.4 Å². The number of furan rings is 1. The number of hydrogen-bond donors (Lipinski definition) is 0. The molecule has 9 aromatic carbocycles. The maximum atomic E-state index is 6.59. The van der Waals surface area contributed by atoms with Crippen molar-refractivity contribution in [2.24, 2.45) is 0 Å². The monoisotopic (exact) mass is 849 g/mol. The van der Waals surface area contributed by atoms with Crippen LogP contribution in [0.4, 0.5) is 0 Å². The normalized spacial score (nSPS) is 12.9. The Labute approximate surface area is 380 Å². The van der Waals surface area contributed by atoms with Crippen molar-refractivity contribution in [1.82, 2.24) is 15.0 Å². The summed E-state index contributed by atoms with van der Waals surface area (Å²) in [6.07, 6.45) is 0. The van der Waals surface area contributed by atoms with Gasteiger partial charge in [0.1, 0.15) is 11.2 Å². The molecule has 1 aliphatic rings. The molecule has 3 heterocycles. The Kier molecular flexibility index (Phi) is 8.39. The van der Waals surface area contributed by atoms with Crippen molar-refractivity contribution < 1.29 is 4.42 Å². The predicted octanol–water partition coefficient (Wildman–Crippen LogP) is 16.4. The molecule has 0 saturated heterocycles. The van der Waals surface area contributed by atoms with E-state index >= 15 is 0 Å². The quantitative estimate of drug-likeness (QED) is 0.167. The van der Waals surface area contributed by atoms with E-state index in [-0.39, 0.29) is 5.41 Å². The van der Waals surface area contributed by atoms with Crippen LogP contribution in [0, 0.1) is 0 Å². The molecule has 5 heteroatoms. The zero-order valence-electron chi connectivity index (χ0n) is 35.7. The molecule has 12 aromatic rings. The molecule has 0 fully saturated rings. The predicted molar refractivity (Wildman–Crippen MR) is 270 cm³/mol. The van der Waals surface area contributed by atoms with Gasteiger partial charge in [0.05, 0.1) is 0 Å². The van der Waals surface area contributed by atoms with Crippen LogP contribution in [-0.4, -0.2) is 15.0 Å². The number of fused-ring (bicyclic) bond motifs is 9. The van der Waals surface area contributed by atoms with Crippen molar-refractivity contribution in [1.29, 1.82) is 0 Å². The summed E-state index contributed by atoms with van der Waals surface area (Å²) >= 11 is 1.79. The molecule has 65 heavy (non-hydrogen) atoms. The molecule has 0 N–H and O–H groups in total. The Morgan fingerprint density at radius 2 is 0.938 bits per heavy atom. The van der Waals surface area contributed by atoms with Gasteiger partial charge in [-0.15, -0.1) is 11.3 Å². The third-order valence-electron chi connectivity index (χ3n) is 13.4. The largest absolute Gasteiger partial charge is 0.456 e. The summed E-state index contributed by atoms with van der Waals surface area (Å²) < 4.78 is 9.02. The van der Waals surface area contributed by atoms with Crippen LogP contribution in [0.25, 0.3) is 121 Å². The fraction of sp³-hybridized carbons (Fsp3) is 0.0500. The average Bonchev–Trinajstić information content (AvgIpc) is 4.01. The van der Waals surface area contributed by atoms with E-state index in [9.17, 15) is 0 Å². The van der Waals surface area contributed by atoms with Crippen LogP contribution >= 0.6 is 11.3 Å². The van der Waals surface area contributed by atoms with Gasteiger partial charge in [0.25, 0.3) is 0 Å². The zero-order chi connectivity index (χ0) is 43.2. The summed E-state index contributed by atoms with van der Waals surface area (Å²) in [5.41, 5.74) is 16.7. The summed E-state index contributed by atoms with van der Waals surface area (Å²) in [6, 6.07) is 71.3. The molecule has 0 aliphatic heterocycles.